The number of fused-ring (bicyclic) bond motifs is 4. The number of aliphatic hydroxyl groups is 1. The van der Waals surface area contributed by atoms with Gasteiger partial charge in [-0.25, -0.2) is 0 Å². The van der Waals surface area contributed by atoms with Crippen LogP contribution in [0.25, 0.3) is 21.9 Å². The molecule has 5 heteroatoms. The first-order valence-electron chi connectivity index (χ1n) is 9.81. The van der Waals surface area contributed by atoms with Gasteiger partial charge in [-0.1, -0.05) is 30.3 Å². The van der Waals surface area contributed by atoms with E-state index in [1.807, 2.05) is 30.0 Å². The summed E-state index contributed by atoms with van der Waals surface area (Å²) in [6, 6.07) is 14.4. The van der Waals surface area contributed by atoms with E-state index in [1.165, 1.54) is 21.9 Å². The third kappa shape index (κ3) is 3.24. The van der Waals surface area contributed by atoms with Crippen molar-refractivity contribution in [2.75, 3.05) is 18.8 Å². The van der Waals surface area contributed by atoms with Crippen molar-refractivity contribution in [2.24, 2.45) is 0 Å². The maximum atomic E-state index is 9.62. The lowest BCUT2D eigenvalue weighted by Crippen LogP contribution is -2.31. The molecule has 0 saturated carbocycles. The van der Waals surface area contributed by atoms with Crippen LogP contribution in [0.15, 0.2) is 53.1 Å². The summed E-state index contributed by atoms with van der Waals surface area (Å²) in [6.45, 7) is 3.15. The molecule has 4 aromatic rings. The highest BCUT2D eigenvalue weighted by Crippen LogP contribution is 2.31. The normalized spacial score (nSPS) is 14.8. The molecule has 0 radical (unpaired) electrons. The molecule has 1 aliphatic rings. The minimum atomic E-state index is 0.0838. The third-order valence-corrected chi connectivity index (χ3v) is 6.67. The summed E-state index contributed by atoms with van der Waals surface area (Å²) in [6.07, 6.45) is 3.15. The van der Waals surface area contributed by atoms with Crippen LogP contribution in [-0.4, -0.2) is 33.8 Å². The fourth-order valence-electron chi connectivity index (χ4n) is 4.25. The Hall–Kier alpha value is -2.21. The van der Waals surface area contributed by atoms with Crippen LogP contribution in [-0.2, 0) is 25.3 Å². The highest BCUT2D eigenvalue weighted by molar-refractivity contribution is 7.98. The maximum absolute atomic E-state index is 9.62. The Labute approximate surface area is 168 Å². The van der Waals surface area contributed by atoms with E-state index in [-0.39, 0.29) is 6.61 Å². The van der Waals surface area contributed by atoms with Crippen LogP contribution in [0.4, 0.5) is 0 Å². The van der Waals surface area contributed by atoms with Gasteiger partial charge in [-0.15, -0.1) is 0 Å². The van der Waals surface area contributed by atoms with Crippen LogP contribution in [0.3, 0.4) is 0 Å². The van der Waals surface area contributed by atoms with Crippen molar-refractivity contribution in [2.45, 2.75) is 25.3 Å². The Morgan fingerprint density at radius 3 is 2.96 bits per heavy atom. The Kier molecular flexibility index (Phi) is 4.89. The van der Waals surface area contributed by atoms with Gasteiger partial charge in [0.15, 0.2) is 0 Å². The number of hydrogen-bond acceptors (Lipinski definition) is 4. The van der Waals surface area contributed by atoms with Crippen molar-refractivity contribution in [1.29, 1.82) is 0 Å². The molecule has 0 saturated heterocycles. The average Bonchev–Trinajstić information content (AvgIpc) is 3.32. The number of nitrogens with zero attached hydrogens (tertiary/aromatic N) is 1. The predicted octanol–water partition coefficient (Wildman–Crippen LogP) is 4.70. The Morgan fingerprint density at radius 1 is 1.11 bits per heavy atom. The van der Waals surface area contributed by atoms with E-state index >= 15 is 0 Å². The molecule has 3 heterocycles. The summed E-state index contributed by atoms with van der Waals surface area (Å²) < 4.78 is 6.08. The minimum Gasteiger partial charge on any atom is -0.459 e. The van der Waals surface area contributed by atoms with Crippen molar-refractivity contribution in [3.05, 3.63) is 71.1 Å². The third-order valence-electron chi connectivity index (χ3n) is 5.68. The Balaban J connectivity index is 1.19. The molecule has 2 N–H and O–H groups in total. The van der Waals surface area contributed by atoms with Crippen LogP contribution < -0.4 is 0 Å². The molecule has 28 heavy (non-hydrogen) atoms. The van der Waals surface area contributed by atoms with Gasteiger partial charge in [-0.05, 0) is 29.7 Å². The number of aromatic amines is 1. The molecule has 0 unspecified atom stereocenters. The fourth-order valence-corrected chi connectivity index (χ4v) is 5.23. The zero-order chi connectivity index (χ0) is 18.9. The van der Waals surface area contributed by atoms with Crippen LogP contribution in [0.5, 0.6) is 0 Å². The second-order valence-corrected chi connectivity index (χ2v) is 8.50. The molecule has 0 amide bonds. The van der Waals surface area contributed by atoms with Crippen LogP contribution in [0.1, 0.15) is 22.5 Å². The van der Waals surface area contributed by atoms with Gasteiger partial charge in [0.05, 0.1) is 13.2 Å². The molecule has 0 bridgehead atoms. The number of aliphatic hydroxyl groups excluding tert-OH is 1. The smallest absolute Gasteiger partial charge is 0.134 e. The van der Waals surface area contributed by atoms with Gasteiger partial charge in [0.2, 0.25) is 0 Å². The molecule has 144 valence electrons. The van der Waals surface area contributed by atoms with Gasteiger partial charge in [-0.2, -0.15) is 11.8 Å². The van der Waals surface area contributed by atoms with E-state index in [4.69, 9.17) is 4.42 Å². The van der Waals surface area contributed by atoms with Gasteiger partial charge < -0.3 is 14.5 Å². The summed E-state index contributed by atoms with van der Waals surface area (Å²) in [5.74, 6) is 3.19. The molecule has 0 atom stereocenters. The first kappa shape index (κ1) is 17.9. The molecule has 0 fully saturated rings. The maximum Gasteiger partial charge on any atom is 0.134 e. The monoisotopic (exact) mass is 392 g/mol. The number of nitrogens with one attached hydrogen (secondary N) is 1. The lowest BCUT2D eigenvalue weighted by Gasteiger charge is -2.25. The lowest BCUT2D eigenvalue weighted by molar-refractivity contribution is 0.245. The summed E-state index contributed by atoms with van der Waals surface area (Å²) in [7, 11) is 0. The molecule has 2 aromatic carbocycles. The highest BCUT2D eigenvalue weighted by Gasteiger charge is 2.22. The first-order chi connectivity index (χ1) is 13.8. The molecule has 4 nitrogen and oxygen atoms in total. The number of para-hydroxylation sites is 1. The first-order valence-corrected chi connectivity index (χ1v) is 11.0. The van der Waals surface area contributed by atoms with Crippen molar-refractivity contribution < 1.29 is 9.52 Å². The molecule has 0 spiro atoms. The van der Waals surface area contributed by atoms with Gasteiger partial charge in [0.1, 0.15) is 11.3 Å². The van der Waals surface area contributed by atoms with Crippen molar-refractivity contribution in [1.82, 2.24) is 9.88 Å². The molecule has 0 aliphatic carbocycles. The molecular formula is C23H24N2O2S. The second kappa shape index (κ2) is 7.66. The number of benzene rings is 2. The zero-order valence-corrected chi connectivity index (χ0v) is 16.6. The molecule has 1 aliphatic heterocycles. The number of aromatic nitrogens is 1. The van der Waals surface area contributed by atoms with Crippen molar-refractivity contribution in [3.8, 4) is 0 Å². The van der Waals surface area contributed by atoms with E-state index in [0.717, 1.165) is 60.0 Å². The standard InChI is InChI=1S/C23H24N2O2S/c26-14-16-4-3-6-20-23(16)17(12-24-20)15-28-11-10-25-9-8-19-18-5-1-2-7-21(18)27-22(19)13-25/h1-7,12,24,26H,8-11,13-15H2. The summed E-state index contributed by atoms with van der Waals surface area (Å²) >= 11 is 1.95. The highest BCUT2D eigenvalue weighted by atomic mass is 32.2. The van der Waals surface area contributed by atoms with Gasteiger partial charge in [0, 0.05) is 52.6 Å². The van der Waals surface area contributed by atoms with E-state index in [2.05, 4.69) is 40.3 Å². The Morgan fingerprint density at radius 2 is 2.04 bits per heavy atom. The second-order valence-electron chi connectivity index (χ2n) is 7.39. The summed E-state index contributed by atoms with van der Waals surface area (Å²) in [5.41, 5.74) is 5.80. The topological polar surface area (TPSA) is 52.4 Å². The van der Waals surface area contributed by atoms with Crippen molar-refractivity contribution in [3.63, 3.8) is 0 Å². The number of H-pyrrole nitrogens is 1. The zero-order valence-electron chi connectivity index (χ0n) is 15.8. The summed E-state index contributed by atoms with van der Waals surface area (Å²) in [5, 5.41) is 12.1. The predicted molar refractivity (Wildman–Crippen MR) is 116 cm³/mol. The number of furan rings is 1. The lowest BCUT2D eigenvalue weighted by atomic mass is 10.0. The largest absolute Gasteiger partial charge is 0.459 e. The van der Waals surface area contributed by atoms with Gasteiger partial charge in [-0.3, -0.25) is 4.90 Å². The average molecular weight is 393 g/mol. The van der Waals surface area contributed by atoms with E-state index in [0.29, 0.717) is 0 Å². The summed E-state index contributed by atoms with van der Waals surface area (Å²) in [4.78, 5) is 5.82. The van der Waals surface area contributed by atoms with E-state index < -0.39 is 0 Å². The molecule has 5 rings (SSSR count). The number of rotatable bonds is 6. The molecular weight excluding hydrogens is 368 g/mol. The Bertz CT molecular complexity index is 1110. The number of hydrogen-bond donors (Lipinski definition) is 2. The van der Waals surface area contributed by atoms with Crippen LogP contribution in [0, 0.1) is 0 Å². The van der Waals surface area contributed by atoms with Gasteiger partial charge in [0.25, 0.3) is 0 Å². The van der Waals surface area contributed by atoms with Crippen LogP contribution >= 0.6 is 11.8 Å². The van der Waals surface area contributed by atoms with Gasteiger partial charge >= 0.3 is 0 Å². The van der Waals surface area contributed by atoms with E-state index in [1.54, 1.807) is 0 Å². The SMILES string of the molecule is OCc1cccc2[nH]cc(CSCCN3CCc4c(oc5ccccc45)C3)c12. The minimum absolute atomic E-state index is 0.0838. The van der Waals surface area contributed by atoms with Crippen molar-refractivity contribution >= 4 is 33.6 Å². The number of thioether (sulfide) groups is 1. The molecule has 2 aromatic heterocycles. The fraction of sp³-hybridized carbons (Fsp3) is 0.304. The quantitative estimate of drug-likeness (QED) is 0.467. The van der Waals surface area contributed by atoms with E-state index in [9.17, 15) is 5.11 Å². The van der Waals surface area contributed by atoms with Crippen LogP contribution in [0.2, 0.25) is 0 Å².